The van der Waals surface area contributed by atoms with Crippen LogP contribution in [0.2, 0.25) is 5.02 Å². The van der Waals surface area contributed by atoms with Crippen LogP contribution in [0.1, 0.15) is 22.4 Å². The maximum atomic E-state index is 5.87. The van der Waals surface area contributed by atoms with Gasteiger partial charge in [-0.05, 0) is 24.1 Å². The van der Waals surface area contributed by atoms with Crippen molar-refractivity contribution in [3.05, 3.63) is 50.9 Å². The Kier molecular flexibility index (Phi) is 8.74. The Balaban J connectivity index is 0.00000242. The van der Waals surface area contributed by atoms with Crippen LogP contribution in [0, 0.1) is 0 Å². The van der Waals surface area contributed by atoms with Gasteiger partial charge >= 0.3 is 0 Å². The summed E-state index contributed by atoms with van der Waals surface area (Å²) in [6, 6.07) is 7.77. The van der Waals surface area contributed by atoms with Crippen LogP contribution in [-0.2, 0) is 19.5 Å². The zero-order chi connectivity index (χ0) is 15.1. The fraction of sp³-hybridized carbons (Fsp3) is 0.333. The Morgan fingerprint density at radius 2 is 1.91 bits per heavy atom. The molecule has 2 aromatic rings. The highest BCUT2D eigenvalue weighted by Crippen LogP contribution is 2.12. The molecule has 4 nitrogen and oxygen atoms in total. The highest BCUT2D eigenvalue weighted by Gasteiger charge is 2.03. The van der Waals surface area contributed by atoms with Crippen molar-refractivity contribution in [2.24, 2.45) is 4.99 Å². The smallest absolute Gasteiger partial charge is 0.191 e. The van der Waals surface area contributed by atoms with Crippen molar-refractivity contribution in [3.8, 4) is 0 Å². The number of aliphatic imine (C=N–C) groups is 1. The van der Waals surface area contributed by atoms with Gasteiger partial charge in [0.15, 0.2) is 5.96 Å². The maximum absolute atomic E-state index is 5.87. The van der Waals surface area contributed by atoms with E-state index in [0.717, 1.165) is 28.0 Å². The molecule has 1 aromatic carbocycles. The number of thiazole rings is 1. The first-order valence-electron chi connectivity index (χ1n) is 6.83. The standard InChI is InChI=1S/C15H19ClN4S.HI/c1-3-13-9-18-14(21-13)10-20-15(17-2)19-8-11-4-6-12(16)7-5-11;/h4-7,9H,3,8,10H2,1-2H3,(H2,17,19,20);1H. The van der Waals surface area contributed by atoms with Crippen molar-refractivity contribution in [2.75, 3.05) is 7.05 Å². The van der Waals surface area contributed by atoms with Gasteiger partial charge < -0.3 is 10.6 Å². The second-order valence-corrected chi connectivity index (χ2v) is 6.12. The van der Waals surface area contributed by atoms with E-state index in [9.17, 15) is 0 Å². The van der Waals surface area contributed by atoms with Gasteiger partial charge in [-0.3, -0.25) is 4.99 Å². The fourth-order valence-corrected chi connectivity index (χ4v) is 2.69. The lowest BCUT2D eigenvalue weighted by Crippen LogP contribution is -2.36. The molecule has 2 rings (SSSR count). The van der Waals surface area contributed by atoms with Crippen LogP contribution in [0.4, 0.5) is 0 Å². The van der Waals surface area contributed by atoms with Gasteiger partial charge in [0.05, 0.1) is 6.54 Å². The van der Waals surface area contributed by atoms with E-state index in [1.54, 1.807) is 18.4 Å². The van der Waals surface area contributed by atoms with E-state index in [-0.39, 0.29) is 24.0 Å². The van der Waals surface area contributed by atoms with Crippen LogP contribution in [0.15, 0.2) is 35.5 Å². The third kappa shape index (κ3) is 6.10. The number of nitrogens with zero attached hydrogens (tertiary/aromatic N) is 2. The molecule has 7 heteroatoms. The van der Waals surface area contributed by atoms with Crippen LogP contribution in [0.3, 0.4) is 0 Å². The Hall–Kier alpha value is -0.860. The Labute approximate surface area is 157 Å². The summed E-state index contributed by atoms with van der Waals surface area (Å²) in [6.07, 6.45) is 2.97. The van der Waals surface area contributed by atoms with E-state index in [1.807, 2.05) is 30.5 Å². The third-order valence-corrected chi connectivity index (χ3v) is 4.35. The first-order chi connectivity index (χ1) is 10.2. The quantitative estimate of drug-likeness (QED) is 0.413. The first-order valence-corrected chi connectivity index (χ1v) is 8.03. The van der Waals surface area contributed by atoms with Crippen LogP contribution in [0.25, 0.3) is 0 Å². The lowest BCUT2D eigenvalue weighted by Gasteiger charge is -2.11. The van der Waals surface area contributed by atoms with E-state index in [1.165, 1.54) is 4.88 Å². The Bertz CT molecular complexity index is 598. The highest BCUT2D eigenvalue weighted by atomic mass is 127. The lowest BCUT2D eigenvalue weighted by atomic mass is 10.2. The molecule has 0 aliphatic rings. The van der Waals surface area contributed by atoms with Gasteiger partial charge in [-0.15, -0.1) is 35.3 Å². The predicted molar refractivity (Wildman–Crippen MR) is 105 cm³/mol. The molecule has 0 atom stereocenters. The molecular formula is C15H20ClIN4S. The van der Waals surface area contributed by atoms with E-state index in [0.29, 0.717) is 13.1 Å². The molecular weight excluding hydrogens is 431 g/mol. The van der Waals surface area contributed by atoms with Gasteiger partial charge in [-0.1, -0.05) is 30.7 Å². The first kappa shape index (κ1) is 19.2. The molecule has 1 aromatic heterocycles. The number of aryl methyl sites for hydroxylation is 1. The summed E-state index contributed by atoms with van der Waals surface area (Å²) in [7, 11) is 1.76. The number of nitrogens with one attached hydrogen (secondary N) is 2. The van der Waals surface area contributed by atoms with Crippen molar-refractivity contribution in [1.29, 1.82) is 0 Å². The number of hydrogen-bond donors (Lipinski definition) is 2. The van der Waals surface area contributed by atoms with Gasteiger partial charge in [0, 0.05) is 29.7 Å². The molecule has 0 aliphatic carbocycles. The molecule has 0 aliphatic heterocycles. The van der Waals surface area contributed by atoms with Crippen LogP contribution < -0.4 is 10.6 Å². The highest BCUT2D eigenvalue weighted by molar-refractivity contribution is 14.0. The Morgan fingerprint density at radius 3 is 2.50 bits per heavy atom. The minimum absolute atomic E-state index is 0. The van der Waals surface area contributed by atoms with Crippen LogP contribution in [-0.4, -0.2) is 18.0 Å². The van der Waals surface area contributed by atoms with Gasteiger partial charge in [-0.2, -0.15) is 0 Å². The average molecular weight is 451 g/mol. The largest absolute Gasteiger partial charge is 0.352 e. The normalized spacial score (nSPS) is 11.0. The number of halogens is 2. The summed E-state index contributed by atoms with van der Waals surface area (Å²) in [5, 5.41) is 8.35. The van der Waals surface area contributed by atoms with Crippen molar-refractivity contribution in [2.45, 2.75) is 26.4 Å². The van der Waals surface area contributed by atoms with Gasteiger partial charge in [0.1, 0.15) is 5.01 Å². The molecule has 0 radical (unpaired) electrons. The summed E-state index contributed by atoms with van der Waals surface area (Å²) in [4.78, 5) is 9.89. The lowest BCUT2D eigenvalue weighted by molar-refractivity contribution is 0.805. The monoisotopic (exact) mass is 450 g/mol. The van der Waals surface area contributed by atoms with Gasteiger partial charge in [0.2, 0.25) is 0 Å². The summed E-state index contributed by atoms with van der Waals surface area (Å²) in [5.74, 6) is 0.762. The molecule has 0 spiro atoms. The molecule has 0 saturated carbocycles. The summed E-state index contributed by atoms with van der Waals surface area (Å²) in [5.41, 5.74) is 1.16. The number of hydrogen-bond acceptors (Lipinski definition) is 3. The molecule has 0 amide bonds. The van der Waals surface area contributed by atoms with Gasteiger partial charge in [-0.25, -0.2) is 4.98 Å². The fourth-order valence-electron chi connectivity index (χ4n) is 1.76. The molecule has 22 heavy (non-hydrogen) atoms. The zero-order valence-electron chi connectivity index (χ0n) is 12.6. The zero-order valence-corrected chi connectivity index (χ0v) is 16.5. The molecule has 1 heterocycles. The number of aromatic nitrogens is 1. The molecule has 0 saturated heterocycles. The number of rotatable bonds is 5. The van der Waals surface area contributed by atoms with Crippen molar-refractivity contribution in [3.63, 3.8) is 0 Å². The van der Waals surface area contributed by atoms with E-state index < -0.39 is 0 Å². The van der Waals surface area contributed by atoms with Crippen molar-refractivity contribution in [1.82, 2.24) is 15.6 Å². The topological polar surface area (TPSA) is 49.3 Å². The maximum Gasteiger partial charge on any atom is 0.191 e. The second kappa shape index (κ2) is 10.0. The molecule has 0 unspecified atom stereocenters. The molecule has 120 valence electrons. The van der Waals surface area contributed by atoms with E-state index in [4.69, 9.17) is 11.6 Å². The SMILES string of the molecule is CCc1cnc(CNC(=NC)NCc2ccc(Cl)cc2)s1.I. The number of guanidine groups is 1. The third-order valence-electron chi connectivity index (χ3n) is 2.95. The van der Waals surface area contributed by atoms with Crippen molar-refractivity contribution >= 4 is 52.9 Å². The Morgan fingerprint density at radius 1 is 1.23 bits per heavy atom. The average Bonchev–Trinajstić information content (AvgIpc) is 2.97. The second-order valence-electron chi connectivity index (χ2n) is 4.48. The minimum atomic E-state index is 0. The molecule has 2 N–H and O–H groups in total. The predicted octanol–water partition coefficient (Wildman–Crippen LogP) is 3.84. The number of benzene rings is 1. The van der Waals surface area contributed by atoms with E-state index >= 15 is 0 Å². The molecule has 0 fully saturated rings. The van der Waals surface area contributed by atoms with Crippen LogP contribution in [0.5, 0.6) is 0 Å². The van der Waals surface area contributed by atoms with E-state index in [2.05, 4.69) is 27.5 Å². The minimum Gasteiger partial charge on any atom is -0.352 e. The molecule has 0 bridgehead atoms. The van der Waals surface area contributed by atoms with Gasteiger partial charge in [0.25, 0.3) is 0 Å². The summed E-state index contributed by atoms with van der Waals surface area (Å²) < 4.78 is 0. The van der Waals surface area contributed by atoms with Crippen LogP contribution >= 0.6 is 46.9 Å². The summed E-state index contributed by atoms with van der Waals surface area (Å²) in [6.45, 7) is 3.53. The summed E-state index contributed by atoms with van der Waals surface area (Å²) >= 11 is 7.60. The van der Waals surface area contributed by atoms with Crippen molar-refractivity contribution < 1.29 is 0 Å².